The second-order valence-corrected chi connectivity index (χ2v) is 6.34. The zero-order valence-electron chi connectivity index (χ0n) is 13.5. The molecule has 1 aromatic heterocycles. The summed E-state index contributed by atoms with van der Waals surface area (Å²) >= 11 is 6.03. The molecule has 0 spiro atoms. The SMILES string of the molecule is COc1ccc(/C=C2\CCn3c2nc2cc(Cl)ccc2c3=O)cc1O. The van der Waals surface area contributed by atoms with Gasteiger partial charge in [-0.05, 0) is 54.0 Å². The Kier molecular flexibility index (Phi) is 3.73. The Morgan fingerprint density at radius 1 is 1.28 bits per heavy atom. The Morgan fingerprint density at radius 3 is 2.88 bits per heavy atom. The Balaban J connectivity index is 1.85. The van der Waals surface area contributed by atoms with Gasteiger partial charge in [0.25, 0.3) is 5.56 Å². The molecule has 1 aliphatic rings. The molecule has 4 rings (SSSR count). The van der Waals surface area contributed by atoms with Gasteiger partial charge in [0, 0.05) is 11.6 Å². The molecule has 1 aliphatic heterocycles. The molecule has 1 N–H and O–H groups in total. The molecule has 0 aliphatic carbocycles. The highest BCUT2D eigenvalue weighted by Gasteiger charge is 2.21. The number of fused-ring (bicyclic) bond motifs is 2. The second kappa shape index (κ2) is 5.93. The predicted octanol–water partition coefficient (Wildman–Crippen LogP) is 3.71. The van der Waals surface area contributed by atoms with Crippen molar-refractivity contribution in [3.8, 4) is 11.5 Å². The number of rotatable bonds is 2. The summed E-state index contributed by atoms with van der Waals surface area (Å²) in [6.07, 6.45) is 2.64. The fraction of sp³-hybridized carbons (Fsp3) is 0.158. The summed E-state index contributed by atoms with van der Waals surface area (Å²) in [5, 5.41) is 11.1. The van der Waals surface area contributed by atoms with Crippen LogP contribution in [0.3, 0.4) is 0 Å². The average molecular weight is 355 g/mol. The molecule has 2 heterocycles. The number of halogens is 1. The molecule has 0 atom stereocenters. The van der Waals surface area contributed by atoms with Gasteiger partial charge < -0.3 is 9.84 Å². The number of allylic oxidation sites excluding steroid dienone is 1. The van der Waals surface area contributed by atoms with Gasteiger partial charge >= 0.3 is 0 Å². The molecule has 126 valence electrons. The van der Waals surface area contributed by atoms with Gasteiger partial charge in [-0.1, -0.05) is 17.7 Å². The summed E-state index contributed by atoms with van der Waals surface area (Å²) in [6, 6.07) is 10.3. The molecule has 0 amide bonds. The molecule has 0 bridgehead atoms. The molecular weight excluding hydrogens is 340 g/mol. The Labute approximate surface area is 148 Å². The number of phenols is 1. The summed E-state index contributed by atoms with van der Waals surface area (Å²) in [6.45, 7) is 0.591. The van der Waals surface area contributed by atoms with E-state index in [0.29, 0.717) is 40.5 Å². The molecule has 6 heteroatoms. The van der Waals surface area contributed by atoms with Crippen molar-refractivity contribution in [3.63, 3.8) is 0 Å². The third kappa shape index (κ3) is 2.66. The molecule has 0 saturated heterocycles. The van der Waals surface area contributed by atoms with Gasteiger partial charge in [-0.25, -0.2) is 4.98 Å². The van der Waals surface area contributed by atoms with E-state index < -0.39 is 0 Å². The number of hydrogen-bond donors (Lipinski definition) is 1. The van der Waals surface area contributed by atoms with Crippen LogP contribution >= 0.6 is 11.6 Å². The lowest BCUT2D eigenvalue weighted by atomic mass is 10.1. The van der Waals surface area contributed by atoms with E-state index in [2.05, 4.69) is 4.98 Å². The van der Waals surface area contributed by atoms with Gasteiger partial charge in [0.15, 0.2) is 11.5 Å². The van der Waals surface area contributed by atoms with Crippen LogP contribution in [-0.4, -0.2) is 21.8 Å². The fourth-order valence-corrected chi connectivity index (χ4v) is 3.29. The number of benzene rings is 2. The Bertz CT molecular complexity index is 1090. The largest absolute Gasteiger partial charge is 0.504 e. The first kappa shape index (κ1) is 15.7. The third-order valence-corrected chi connectivity index (χ3v) is 4.59. The molecule has 25 heavy (non-hydrogen) atoms. The summed E-state index contributed by atoms with van der Waals surface area (Å²) in [4.78, 5) is 17.3. The monoisotopic (exact) mass is 354 g/mol. The Hall–Kier alpha value is -2.79. The number of hydrogen-bond acceptors (Lipinski definition) is 4. The number of phenolic OH excluding ortho intramolecular Hbond substituents is 1. The number of aromatic nitrogens is 2. The molecule has 0 saturated carbocycles. The summed E-state index contributed by atoms with van der Waals surface area (Å²) in [5.41, 5.74) is 2.30. The normalized spacial score (nSPS) is 14.9. The van der Waals surface area contributed by atoms with Crippen molar-refractivity contribution >= 4 is 34.2 Å². The molecule has 0 unspecified atom stereocenters. The highest BCUT2D eigenvalue weighted by Crippen LogP contribution is 2.31. The summed E-state index contributed by atoms with van der Waals surface area (Å²) in [7, 11) is 1.51. The van der Waals surface area contributed by atoms with E-state index in [9.17, 15) is 9.90 Å². The minimum Gasteiger partial charge on any atom is -0.504 e. The van der Waals surface area contributed by atoms with Crippen LogP contribution in [-0.2, 0) is 6.54 Å². The van der Waals surface area contributed by atoms with E-state index in [1.165, 1.54) is 7.11 Å². The number of aromatic hydroxyl groups is 1. The van der Waals surface area contributed by atoms with E-state index in [0.717, 1.165) is 11.1 Å². The van der Waals surface area contributed by atoms with Crippen LogP contribution in [0.2, 0.25) is 5.02 Å². The first-order valence-electron chi connectivity index (χ1n) is 7.85. The van der Waals surface area contributed by atoms with Crippen molar-refractivity contribution in [3.05, 3.63) is 63.2 Å². The maximum absolute atomic E-state index is 12.7. The highest BCUT2D eigenvalue weighted by atomic mass is 35.5. The summed E-state index contributed by atoms with van der Waals surface area (Å²) in [5.74, 6) is 1.14. The number of ether oxygens (including phenoxy) is 1. The zero-order chi connectivity index (χ0) is 17.6. The molecular formula is C19H15ClN2O3. The second-order valence-electron chi connectivity index (χ2n) is 5.90. The van der Waals surface area contributed by atoms with E-state index >= 15 is 0 Å². The van der Waals surface area contributed by atoms with Crippen molar-refractivity contribution in [2.24, 2.45) is 0 Å². The van der Waals surface area contributed by atoms with Crippen LogP contribution in [0.4, 0.5) is 0 Å². The van der Waals surface area contributed by atoms with Gasteiger partial charge in [-0.2, -0.15) is 0 Å². The number of nitrogens with zero attached hydrogens (tertiary/aromatic N) is 2. The summed E-state index contributed by atoms with van der Waals surface area (Å²) < 4.78 is 6.75. The molecule has 0 radical (unpaired) electrons. The fourth-order valence-electron chi connectivity index (χ4n) is 3.13. The molecule has 5 nitrogen and oxygen atoms in total. The predicted molar refractivity (Wildman–Crippen MR) is 98.2 cm³/mol. The van der Waals surface area contributed by atoms with E-state index in [-0.39, 0.29) is 11.3 Å². The van der Waals surface area contributed by atoms with Crippen molar-refractivity contribution in [1.82, 2.24) is 9.55 Å². The van der Waals surface area contributed by atoms with Crippen molar-refractivity contribution in [2.45, 2.75) is 13.0 Å². The highest BCUT2D eigenvalue weighted by molar-refractivity contribution is 6.31. The topological polar surface area (TPSA) is 64.4 Å². The average Bonchev–Trinajstić information content (AvgIpc) is 2.98. The van der Waals surface area contributed by atoms with Crippen LogP contribution < -0.4 is 10.3 Å². The van der Waals surface area contributed by atoms with Crippen molar-refractivity contribution in [2.75, 3.05) is 7.11 Å². The first-order valence-corrected chi connectivity index (χ1v) is 8.22. The maximum Gasteiger partial charge on any atom is 0.261 e. The van der Waals surface area contributed by atoms with Crippen LogP contribution in [0.25, 0.3) is 22.6 Å². The zero-order valence-corrected chi connectivity index (χ0v) is 14.2. The first-order chi connectivity index (χ1) is 12.1. The lowest BCUT2D eigenvalue weighted by molar-refractivity contribution is 0.373. The Morgan fingerprint density at radius 2 is 2.12 bits per heavy atom. The van der Waals surface area contributed by atoms with Crippen LogP contribution in [0.15, 0.2) is 41.2 Å². The lowest BCUT2D eigenvalue weighted by Gasteiger charge is -2.06. The standard InChI is InChI=1S/C19H15ClN2O3/c1-25-17-5-2-11(9-16(17)23)8-12-6-7-22-18(12)21-15-10-13(20)3-4-14(15)19(22)24/h2-5,8-10,23H,6-7H2,1H3/b12-8+. The van der Waals surface area contributed by atoms with Crippen LogP contribution in [0, 0.1) is 0 Å². The van der Waals surface area contributed by atoms with E-state index in [4.69, 9.17) is 16.3 Å². The van der Waals surface area contributed by atoms with Gasteiger partial charge in [-0.15, -0.1) is 0 Å². The maximum atomic E-state index is 12.7. The van der Waals surface area contributed by atoms with Gasteiger partial charge in [0.05, 0.1) is 18.0 Å². The third-order valence-electron chi connectivity index (χ3n) is 4.35. The van der Waals surface area contributed by atoms with Crippen molar-refractivity contribution < 1.29 is 9.84 Å². The molecule has 3 aromatic rings. The quantitative estimate of drug-likeness (QED) is 0.762. The van der Waals surface area contributed by atoms with Gasteiger partial charge in [0.2, 0.25) is 0 Å². The minimum atomic E-state index is -0.0577. The van der Waals surface area contributed by atoms with Crippen LogP contribution in [0.5, 0.6) is 11.5 Å². The number of methoxy groups -OCH3 is 1. The minimum absolute atomic E-state index is 0.0577. The lowest BCUT2D eigenvalue weighted by Crippen LogP contribution is -2.20. The smallest absolute Gasteiger partial charge is 0.261 e. The van der Waals surface area contributed by atoms with E-state index in [1.54, 1.807) is 34.9 Å². The van der Waals surface area contributed by atoms with Gasteiger partial charge in [0.1, 0.15) is 5.82 Å². The van der Waals surface area contributed by atoms with E-state index in [1.807, 2.05) is 12.1 Å². The van der Waals surface area contributed by atoms with Crippen molar-refractivity contribution in [1.29, 1.82) is 0 Å². The van der Waals surface area contributed by atoms with Gasteiger partial charge in [-0.3, -0.25) is 9.36 Å². The van der Waals surface area contributed by atoms with Crippen LogP contribution in [0.1, 0.15) is 17.8 Å². The molecule has 2 aromatic carbocycles. The molecule has 0 fully saturated rings.